The molecule has 0 saturated carbocycles. The van der Waals surface area contributed by atoms with Gasteiger partial charge in [0.25, 0.3) is 0 Å². The van der Waals surface area contributed by atoms with Gasteiger partial charge in [0.1, 0.15) is 11.8 Å². The van der Waals surface area contributed by atoms with E-state index < -0.39 is 0 Å². The summed E-state index contributed by atoms with van der Waals surface area (Å²) < 4.78 is 0. The molecule has 1 N–H and O–H groups in total. The molecule has 0 unspecified atom stereocenters. The minimum absolute atomic E-state index is 0.300. The molecule has 1 aromatic carbocycles. The summed E-state index contributed by atoms with van der Waals surface area (Å²) in [5.74, 6) is 0. The van der Waals surface area contributed by atoms with Gasteiger partial charge < -0.3 is 0 Å². The maximum absolute atomic E-state index is 9.02. The Kier molecular flexibility index (Phi) is 3.03. The summed E-state index contributed by atoms with van der Waals surface area (Å²) in [7, 11) is 0. The van der Waals surface area contributed by atoms with Crippen molar-refractivity contribution in [2.75, 3.05) is 0 Å². The van der Waals surface area contributed by atoms with Gasteiger partial charge in [-0.3, -0.25) is 0 Å². The van der Waals surface area contributed by atoms with Crippen molar-refractivity contribution in [3.8, 4) is 27.8 Å². The molecule has 0 bridgehead atoms. The molecule has 0 amide bonds. The normalized spacial score (nSPS) is 10.3. The first-order valence-electron chi connectivity index (χ1n) is 5.44. The molecule has 3 aromatic rings. The third-order valence-electron chi connectivity index (χ3n) is 2.68. The van der Waals surface area contributed by atoms with E-state index in [0.29, 0.717) is 16.4 Å². The number of hydrogen-bond acceptors (Lipinski definition) is 4. The number of halogens is 1. The predicted octanol–water partition coefficient (Wildman–Crippen LogP) is 3.73. The molecule has 0 spiro atoms. The number of nitrogens with one attached hydrogen (secondary N) is 1. The molecule has 19 heavy (non-hydrogen) atoms. The van der Waals surface area contributed by atoms with Gasteiger partial charge in [0.05, 0.1) is 0 Å². The lowest BCUT2D eigenvalue weighted by atomic mass is 10.1. The molecule has 0 aliphatic carbocycles. The Balaban J connectivity index is 2.14. The second-order valence-corrected chi connectivity index (χ2v) is 5.16. The summed E-state index contributed by atoms with van der Waals surface area (Å²) in [6.07, 6.45) is 0. The Bertz CT molecular complexity index is 752. The van der Waals surface area contributed by atoms with E-state index >= 15 is 0 Å². The van der Waals surface area contributed by atoms with E-state index in [1.54, 1.807) is 11.3 Å². The van der Waals surface area contributed by atoms with Gasteiger partial charge >= 0.3 is 0 Å². The zero-order valence-electron chi connectivity index (χ0n) is 9.59. The van der Waals surface area contributed by atoms with Gasteiger partial charge in [0, 0.05) is 15.5 Å². The first-order valence-corrected chi connectivity index (χ1v) is 6.70. The molecule has 0 radical (unpaired) electrons. The van der Waals surface area contributed by atoms with Crippen molar-refractivity contribution in [1.29, 1.82) is 5.26 Å². The number of thiophene rings is 1. The van der Waals surface area contributed by atoms with Crippen LogP contribution in [0.25, 0.3) is 21.7 Å². The number of nitrogens with zero attached hydrogens (tertiary/aromatic N) is 3. The summed E-state index contributed by atoms with van der Waals surface area (Å²) in [6.45, 7) is 0. The van der Waals surface area contributed by atoms with Crippen molar-refractivity contribution in [2.24, 2.45) is 0 Å². The van der Waals surface area contributed by atoms with Crippen LogP contribution in [0.2, 0.25) is 5.02 Å². The third-order valence-corrected chi connectivity index (χ3v) is 3.90. The Morgan fingerprint density at radius 3 is 2.68 bits per heavy atom. The van der Waals surface area contributed by atoms with Gasteiger partial charge in [-0.05, 0) is 29.1 Å². The van der Waals surface area contributed by atoms with Crippen molar-refractivity contribution in [1.82, 2.24) is 15.4 Å². The summed E-state index contributed by atoms with van der Waals surface area (Å²) in [5, 5.41) is 22.0. The largest absolute Gasteiger partial charge is 0.196 e. The van der Waals surface area contributed by atoms with Gasteiger partial charge in [-0.25, -0.2) is 0 Å². The molecule has 4 nitrogen and oxygen atoms in total. The number of hydrogen-bond donors (Lipinski definition) is 1. The van der Waals surface area contributed by atoms with Gasteiger partial charge in [0.2, 0.25) is 0 Å². The van der Waals surface area contributed by atoms with E-state index in [4.69, 9.17) is 16.9 Å². The van der Waals surface area contributed by atoms with E-state index in [2.05, 4.69) is 15.4 Å². The van der Waals surface area contributed by atoms with Crippen LogP contribution in [0.15, 0.2) is 35.7 Å². The van der Waals surface area contributed by atoms with Crippen LogP contribution >= 0.6 is 22.9 Å². The van der Waals surface area contributed by atoms with E-state index in [1.807, 2.05) is 41.8 Å². The Morgan fingerprint density at radius 2 is 1.95 bits per heavy atom. The van der Waals surface area contributed by atoms with Crippen LogP contribution in [-0.4, -0.2) is 15.4 Å². The first-order chi connectivity index (χ1) is 9.29. The third kappa shape index (κ3) is 2.12. The molecule has 0 aliphatic heterocycles. The second kappa shape index (κ2) is 4.84. The fraction of sp³-hybridized carbons (Fsp3) is 0. The second-order valence-electron chi connectivity index (χ2n) is 3.80. The molecule has 2 aromatic heterocycles. The molecule has 6 heteroatoms. The predicted molar refractivity (Wildman–Crippen MR) is 74.9 cm³/mol. The van der Waals surface area contributed by atoms with Crippen molar-refractivity contribution in [3.05, 3.63) is 46.4 Å². The average molecular weight is 287 g/mol. The van der Waals surface area contributed by atoms with Crippen LogP contribution in [-0.2, 0) is 0 Å². The summed E-state index contributed by atoms with van der Waals surface area (Å²) in [4.78, 5) is 1.04. The molecular formula is C13H7ClN4S. The van der Waals surface area contributed by atoms with E-state index in [9.17, 15) is 0 Å². The SMILES string of the molecule is N#Cc1n[nH]nc1-c1ccsc1-c1ccc(Cl)cc1. The van der Waals surface area contributed by atoms with Gasteiger partial charge in [0.15, 0.2) is 5.69 Å². The summed E-state index contributed by atoms with van der Waals surface area (Å²) in [5.41, 5.74) is 2.82. The highest BCUT2D eigenvalue weighted by atomic mass is 35.5. The number of aromatic nitrogens is 3. The van der Waals surface area contributed by atoms with Crippen molar-refractivity contribution in [3.63, 3.8) is 0 Å². The standard InChI is InChI=1S/C13H7ClN4S/c14-9-3-1-8(2-4-9)13-10(5-6-19-13)12-11(7-15)16-18-17-12/h1-6H,(H,16,17,18). The molecule has 3 rings (SSSR count). The zero-order valence-corrected chi connectivity index (χ0v) is 11.2. The van der Waals surface area contributed by atoms with Crippen LogP contribution in [0.1, 0.15) is 5.69 Å². The topological polar surface area (TPSA) is 65.4 Å². The van der Waals surface area contributed by atoms with Crippen LogP contribution in [0.4, 0.5) is 0 Å². The monoisotopic (exact) mass is 286 g/mol. The Morgan fingerprint density at radius 1 is 1.16 bits per heavy atom. The van der Waals surface area contributed by atoms with Gasteiger partial charge in [-0.1, -0.05) is 23.7 Å². The van der Waals surface area contributed by atoms with E-state index in [1.165, 1.54) is 0 Å². The number of aromatic amines is 1. The number of H-pyrrole nitrogens is 1. The minimum atomic E-state index is 0.300. The quantitative estimate of drug-likeness (QED) is 0.780. The van der Waals surface area contributed by atoms with Crippen molar-refractivity contribution in [2.45, 2.75) is 0 Å². The number of benzene rings is 1. The van der Waals surface area contributed by atoms with E-state index in [0.717, 1.165) is 16.0 Å². The number of nitriles is 1. The maximum atomic E-state index is 9.02. The van der Waals surface area contributed by atoms with Crippen LogP contribution < -0.4 is 0 Å². The lowest BCUT2D eigenvalue weighted by molar-refractivity contribution is 0.937. The summed E-state index contributed by atoms with van der Waals surface area (Å²) in [6, 6.07) is 11.5. The van der Waals surface area contributed by atoms with Crippen LogP contribution in [0, 0.1) is 11.3 Å². The smallest absolute Gasteiger partial charge is 0.190 e. The molecule has 0 aliphatic rings. The molecule has 0 fully saturated rings. The zero-order chi connectivity index (χ0) is 13.2. The van der Waals surface area contributed by atoms with Crippen LogP contribution in [0.3, 0.4) is 0 Å². The number of rotatable bonds is 2. The highest BCUT2D eigenvalue weighted by Gasteiger charge is 2.16. The Hall–Kier alpha value is -2.16. The molecule has 2 heterocycles. The first kappa shape index (κ1) is 11.9. The minimum Gasteiger partial charge on any atom is -0.196 e. The lowest BCUT2D eigenvalue weighted by Gasteiger charge is -2.01. The molecule has 92 valence electrons. The van der Waals surface area contributed by atoms with Crippen molar-refractivity contribution >= 4 is 22.9 Å². The molecule has 0 atom stereocenters. The average Bonchev–Trinajstić information content (AvgIpc) is 3.07. The summed E-state index contributed by atoms with van der Waals surface area (Å²) >= 11 is 7.48. The highest BCUT2D eigenvalue weighted by molar-refractivity contribution is 7.14. The Labute approximate surface area is 118 Å². The maximum Gasteiger partial charge on any atom is 0.190 e. The van der Waals surface area contributed by atoms with E-state index in [-0.39, 0.29) is 0 Å². The van der Waals surface area contributed by atoms with Crippen LogP contribution in [0.5, 0.6) is 0 Å². The lowest BCUT2D eigenvalue weighted by Crippen LogP contribution is -1.83. The fourth-order valence-corrected chi connectivity index (χ4v) is 2.85. The fourth-order valence-electron chi connectivity index (χ4n) is 1.82. The van der Waals surface area contributed by atoms with Gasteiger partial charge in [-0.2, -0.15) is 15.6 Å². The highest BCUT2D eigenvalue weighted by Crippen LogP contribution is 2.36. The molecular weight excluding hydrogens is 280 g/mol. The van der Waals surface area contributed by atoms with Crippen molar-refractivity contribution < 1.29 is 0 Å². The van der Waals surface area contributed by atoms with Gasteiger partial charge in [-0.15, -0.1) is 16.4 Å². The molecule has 0 saturated heterocycles.